The Labute approximate surface area is 262 Å². The van der Waals surface area contributed by atoms with Gasteiger partial charge in [0.05, 0.1) is 24.8 Å². The van der Waals surface area contributed by atoms with Gasteiger partial charge in [0.15, 0.2) is 0 Å². The van der Waals surface area contributed by atoms with Gasteiger partial charge >= 0.3 is 138 Å². The molecule has 0 aromatic rings. The summed E-state index contributed by atoms with van der Waals surface area (Å²) in [5, 5.41) is 57.8. The molecule has 0 aliphatic rings. The van der Waals surface area contributed by atoms with Crippen molar-refractivity contribution in [3.05, 3.63) is 0 Å². The van der Waals surface area contributed by atoms with Crippen molar-refractivity contribution < 1.29 is 171 Å². The molecule has 0 heterocycles. The average molecular weight is 487 g/mol. The van der Waals surface area contributed by atoms with Crippen LogP contribution in [0.3, 0.4) is 0 Å². The minimum absolute atomic E-state index is 0. The van der Waals surface area contributed by atoms with E-state index in [1.165, 1.54) is 0 Å². The van der Waals surface area contributed by atoms with E-state index in [0.29, 0.717) is 0 Å². The molecule has 0 aromatic carbocycles. The molecule has 0 spiro atoms. The van der Waals surface area contributed by atoms with Crippen molar-refractivity contribution in [3.63, 3.8) is 0 Å². The average Bonchev–Trinajstić information content (AvgIpc) is 2.34. The van der Waals surface area contributed by atoms with Gasteiger partial charge in [-0.15, -0.1) is 0 Å². The maximum Gasteiger partial charge on any atom is 2.00 e. The summed E-state index contributed by atoms with van der Waals surface area (Å²) in [6, 6.07) is -4.29. The molecule has 0 aromatic heterocycles. The number of aliphatic carboxylic acids is 4. The van der Waals surface area contributed by atoms with Crippen molar-refractivity contribution >= 4 is 59.0 Å². The Morgan fingerprint density at radius 1 is 0.621 bits per heavy atom. The predicted octanol–water partition coefficient (Wildman–Crippen LogP) is -13.4. The van der Waals surface area contributed by atoms with E-state index in [-0.39, 0.29) is 126 Å². The summed E-state index contributed by atoms with van der Waals surface area (Å²) in [6.07, 6.45) is -5.73. The van der Waals surface area contributed by atoms with E-state index < -0.39 is 72.8 Å². The van der Waals surface area contributed by atoms with Crippen LogP contribution in [0.5, 0.6) is 0 Å². The molecule has 0 fully saturated rings. The van der Waals surface area contributed by atoms with Gasteiger partial charge in [-0.05, 0) is 0 Å². The zero-order valence-corrected chi connectivity index (χ0v) is 22.9. The number of hydrogen-bond acceptors (Lipinski definition) is 12. The Morgan fingerprint density at radius 3 is 0.931 bits per heavy atom. The summed E-state index contributed by atoms with van der Waals surface area (Å²) in [4.78, 5) is 59.7. The zero-order chi connectivity index (χ0) is 21.3. The van der Waals surface area contributed by atoms with Crippen LogP contribution in [0.4, 0.5) is 8.78 Å². The topological polar surface area (TPSA) is 235 Å². The predicted molar refractivity (Wildman–Crippen MR) is 66.4 cm³/mol. The Balaban J connectivity index is -0.000000120. The van der Waals surface area contributed by atoms with Crippen LogP contribution < -0.4 is 123 Å². The van der Waals surface area contributed by atoms with Gasteiger partial charge in [0, 0.05) is 24.8 Å². The second kappa shape index (κ2) is 18.6. The molecule has 29 heavy (non-hydrogen) atoms. The molecule has 2 N–H and O–H groups in total. The maximum atomic E-state index is 11.7. The standard InChI is InChI=1S/2C6H7FO6.2K.Mg/c2*7-3(8)1-6(13,5(11)12)2-4(9)10;;;/h2*13H,1-2H2,(H,9,10)(H,11,12);;;/q;;2*+1;+2/p-4. The van der Waals surface area contributed by atoms with E-state index >= 15 is 0 Å². The molecule has 148 valence electrons. The number of carbonyl (C=O) groups is 6. The number of aliphatic hydroxyl groups is 2. The first-order valence-corrected chi connectivity index (χ1v) is 6.19. The van der Waals surface area contributed by atoms with E-state index in [0.717, 1.165) is 0 Å². The number of carbonyl (C=O) groups excluding carboxylic acids is 6. The summed E-state index contributed by atoms with van der Waals surface area (Å²) < 4.78 is 23.4. The first-order chi connectivity index (χ1) is 11.6. The van der Waals surface area contributed by atoms with Gasteiger partial charge in [-0.3, -0.25) is 9.59 Å². The van der Waals surface area contributed by atoms with Gasteiger partial charge in [-0.1, -0.05) is 0 Å². The van der Waals surface area contributed by atoms with Crippen molar-refractivity contribution in [1.29, 1.82) is 0 Å². The van der Waals surface area contributed by atoms with Crippen molar-refractivity contribution in [1.82, 2.24) is 0 Å². The van der Waals surface area contributed by atoms with Crippen molar-refractivity contribution in [3.8, 4) is 0 Å². The molecular formula is C12H10F2K2MgO12. The van der Waals surface area contributed by atoms with Crippen molar-refractivity contribution in [2.45, 2.75) is 36.9 Å². The minimum atomic E-state index is -3.04. The number of carboxylic acid groups (broad SMARTS) is 4. The molecule has 0 aliphatic carbocycles. The van der Waals surface area contributed by atoms with Gasteiger partial charge in [-0.2, -0.15) is 8.78 Å². The van der Waals surface area contributed by atoms with E-state index in [1.54, 1.807) is 0 Å². The Hall–Kier alpha value is 1.04. The third-order valence-electron chi connectivity index (χ3n) is 2.50. The van der Waals surface area contributed by atoms with Gasteiger partial charge in [0.25, 0.3) is 0 Å². The summed E-state index contributed by atoms with van der Waals surface area (Å²) in [5.74, 6) is -8.31. The summed E-state index contributed by atoms with van der Waals surface area (Å²) in [7, 11) is 0. The maximum absolute atomic E-state index is 11.7. The molecular weight excluding hydrogens is 477 g/mol. The normalized spacial score (nSPS) is 13.1. The molecule has 0 amide bonds. The van der Waals surface area contributed by atoms with Gasteiger partial charge < -0.3 is 49.8 Å². The molecule has 17 heteroatoms. The fourth-order valence-corrected chi connectivity index (χ4v) is 1.35. The molecule has 0 bridgehead atoms. The second-order valence-corrected chi connectivity index (χ2v) is 4.80. The smallest absolute Gasteiger partial charge is 0.550 e. The number of carboxylic acids is 4. The third kappa shape index (κ3) is 19.4. The van der Waals surface area contributed by atoms with E-state index in [4.69, 9.17) is 10.2 Å². The van der Waals surface area contributed by atoms with Crippen molar-refractivity contribution in [2.75, 3.05) is 0 Å². The molecule has 0 radical (unpaired) electrons. The molecule has 0 aliphatic heterocycles. The van der Waals surface area contributed by atoms with Crippen LogP contribution in [0.25, 0.3) is 0 Å². The third-order valence-corrected chi connectivity index (χ3v) is 2.50. The van der Waals surface area contributed by atoms with Crippen LogP contribution in [0.1, 0.15) is 25.7 Å². The molecule has 0 rings (SSSR count). The van der Waals surface area contributed by atoms with Crippen molar-refractivity contribution in [2.24, 2.45) is 0 Å². The first kappa shape index (κ1) is 40.4. The fourth-order valence-electron chi connectivity index (χ4n) is 1.35. The Kier molecular flexibility index (Phi) is 25.9. The van der Waals surface area contributed by atoms with E-state index in [2.05, 4.69) is 0 Å². The molecule has 0 saturated heterocycles. The molecule has 2 atom stereocenters. The number of halogens is 2. The number of hydrogen-bond donors (Lipinski definition) is 2. The summed E-state index contributed by atoms with van der Waals surface area (Å²) >= 11 is 0. The van der Waals surface area contributed by atoms with E-state index in [1.807, 2.05) is 0 Å². The quantitative estimate of drug-likeness (QED) is 0.216. The van der Waals surface area contributed by atoms with Gasteiger partial charge in [0.1, 0.15) is 11.2 Å². The second-order valence-electron chi connectivity index (χ2n) is 4.80. The van der Waals surface area contributed by atoms with E-state index in [9.17, 15) is 58.0 Å². The largest absolute Gasteiger partial charge is 2.00 e. The SMILES string of the molecule is O=C([O-])CC(O)(CC(=O)F)C(=O)[O-].O=C([O-])CC(O)(CC(=O)F)C(=O)[O-].[K+].[K+].[Mg+2]. The summed E-state index contributed by atoms with van der Waals surface area (Å²) in [5.41, 5.74) is -6.07. The monoisotopic (exact) mass is 486 g/mol. The minimum Gasteiger partial charge on any atom is -0.550 e. The molecule has 12 nitrogen and oxygen atoms in total. The Bertz CT molecular complexity index is 532. The van der Waals surface area contributed by atoms with Gasteiger partial charge in [-0.25, -0.2) is 0 Å². The molecule has 2 unspecified atom stereocenters. The van der Waals surface area contributed by atoms with Crippen LogP contribution in [-0.2, 0) is 28.8 Å². The molecule has 0 saturated carbocycles. The Morgan fingerprint density at radius 2 is 0.828 bits per heavy atom. The van der Waals surface area contributed by atoms with Crippen LogP contribution in [0.15, 0.2) is 0 Å². The zero-order valence-electron chi connectivity index (χ0n) is 15.3. The summed E-state index contributed by atoms with van der Waals surface area (Å²) in [6.45, 7) is 0. The van der Waals surface area contributed by atoms with Crippen LogP contribution in [0, 0.1) is 0 Å². The first-order valence-electron chi connectivity index (χ1n) is 6.19. The van der Waals surface area contributed by atoms with Gasteiger partial charge in [0.2, 0.25) is 0 Å². The number of rotatable bonds is 10. The van der Waals surface area contributed by atoms with Crippen LogP contribution in [0.2, 0.25) is 0 Å². The fraction of sp³-hybridized carbons (Fsp3) is 0.500. The van der Waals surface area contributed by atoms with Crippen LogP contribution >= 0.6 is 0 Å². The van der Waals surface area contributed by atoms with Crippen LogP contribution in [-0.4, -0.2) is 80.4 Å².